The largest absolute Gasteiger partial charge is 0.367 e. The van der Waals surface area contributed by atoms with E-state index in [2.05, 4.69) is 38.8 Å². The zero-order chi connectivity index (χ0) is 17.9. The molecule has 0 fully saturated rings. The molecule has 0 aromatic carbocycles. The molecular formula is C19H23N7. The molecule has 0 radical (unpaired) electrons. The average molecular weight is 349 g/mol. The molecular weight excluding hydrogens is 326 g/mol. The van der Waals surface area contributed by atoms with Gasteiger partial charge in [-0.3, -0.25) is 10.1 Å². The highest BCUT2D eigenvalue weighted by atomic mass is 15.1. The number of fused-ring (bicyclic) bond motifs is 1. The summed E-state index contributed by atoms with van der Waals surface area (Å²) in [6, 6.07) is 8.09. The smallest absolute Gasteiger partial charge is 0.180 e. The van der Waals surface area contributed by atoms with Gasteiger partial charge in [-0.15, -0.1) is 0 Å². The topological polar surface area (TPSA) is 91.4 Å². The second kappa shape index (κ2) is 7.21. The molecule has 1 aliphatic rings. The summed E-state index contributed by atoms with van der Waals surface area (Å²) < 4.78 is 0. The van der Waals surface area contributed by atoms with Gasteiger partial charge in [-0.1, -0.05) is 6.07 Å². The number of hydrogen-bond acceptors (Lipinski definition) is 6. The fraction of sp³-hybridized carbons (Fsp3) is 0.368. The van der Waals surface area contributed by atoms with Gasteiger partial charge in [0.15, 0.2) is 5.82 Å². The van der Waals surface area contributed by atoms with Gasteiger partial charge in [0.25, 0.3) is 0 Å². The Morgan fingerprint density at radius 1 is 1.27 bits per heavy atom. The van der Waals surface area contributed by atoms with E-state index >= 15 is 0 Å². The lowest BCUT2D eigenvalue weighted by molar-refractivity contribution is 0.623. The molecule has 3 aromatic rings. The first-order chi connectivity index (χ1) is 12.7. The van der Waals surface area contributed by atoms with Crippen molar-refractivity contribution in [2.24, 2.45) is 0 Å². The van der Waals surface area contributed by atoms with Crippen LogP contribution < -0.4 is 10.6 Å². The Morgan fingerprint density at radius 3 is 2.96 bits per heavy atom. The van der Waals surface area contributed by atoms with E-state index in [9.17, 15) is 0 Å². The Bertz CT molecular complexity index is 888. The van der Waals surface area contributed by atoms with Crippen molar-refractivity contribution in [1.29, 1.82) is 0 Å². The maximum absolute atomic E-state index is 4.80. The summed E-state index contributed by atoms with van der Waals surface area (Å²) in [7, 11) is 0. The van der Waals surface area contributed by atoms with Gasteiger partial charge in [-0.2, -0.15) is 5.10 Å². The monoisotopic (exact) mass is 349 g/mol. The zero-order valence-corrected chi connectivity index (χ0v) is 15.1. The summed E-state index contributed by atoms with van der Waals surface area (Å²) in [5, 5.41) is 14.3. The minimum absolute atomic E-state index is 0.211. The standard InChI is InChI=1S/C19H23N7/c1-12(9-14-10-13(2)25-26-14)22-18-15-6-8-20-11-17(15)23-19(24-18)16-5-3-4-7-21-16/h3-5,7,10,12,20H,6,8-9,11H2,1-2H3,(H,25,26)(H,22,23,24)/t12-/m0/s1. The van der Waals surface area contributed by atoms with Crippen molar-refractivity contribution < 1.29 is 0 Å². The molecule has 1 aliphatic heterocycles. The summed E-state index contributed by atoms with van der Waals surface area (Å²) in [4.78, 5) is 13.9. The van der Waals surface area contributed by atoms with Crippen LogP contribution in [-0.2, 0) is 19.4 Å². The van der Waals surface area contributed by atoms with E-state index in [0.29, 0.717) is 5.82 Å². The lowest BCUT2D eigenvalue weighted by Gasteiger charge is -2.22. The Labute approximate surface area is 152 Å². The Morgan fingerprint density at radius 2 is 2.19 bits per heavy atom. The van der Waals surface area contributed by atoms with Crippen molar-refractivity contribution in [1.82, 2.24) is 30.5 Å². The van der Waals surface area contributed by atoms with Gasteiger partial charge in [0.1, 0.15) is 11.5 Å². The van der Waals surface area contributed by atoms with E-state index in [4.69, 9.17) is 9.97 Å². The molecule has 1 atom stereocenters. The minimum atomic E-state index is 0.211. The summed E-state index contributed by atoms with van der Waals surface area (Å²) in [6.07, 6.45) is 3.53. The van der Waals surface area contributed by atoms with Crippen LogP contribution in [-0.4, -0.2) is 37.7 Å². The molecule has 4 heterocycles. The molecule has 134 valence electrons. The molecule has 3 N–H and O–H groups in total. The Hall–Kier alpha value is -2.80. The number of nitrogens with zero attached hydrogens (tertiary/aromatic N) is 4. The number of anilines is 1. The van der Waals surface area contributed by atoms with Crippen LogP contribution in [0.15, 0.2) is 30.5 Å². The average Bonchev–Trinajstić information content (AvgIpc) is 3.07. The fourth-order valence-electron chi connectivity index (χ4n) is 3.27. The number of aromatic amines is 1. The third kappa shape index (κ3) is 3.57. The summed E-state index contributed by atoms with van der Waals surface area (Å²) >= 11 is 0. The molecule has 7 nitrogen and oxygen atoms in total. The van der Waals surface area contributed by atoms with E-state index in [-0.39, 0.29) is 6.04 Å². The van der Waals surface area contributed by atoms with Gasteiger partial charge in [0.2, 0.25) is 0 Å². The lowest BCUT2D eigenvalue weighted by atomic mass is 10.1. The van der Waals surface area contributed by atoms with Crippen LogP contribution in [0.5, 0.6) is 0 Å². The molecule has 0 bridgehead atoms. The molecule has 0 saturated heterocycles. The first-order valence-corrected chi connectivity index (χ1v) is 8.98. The number of H-pyrrole nitrogens is 1. The highest BCUT2D eigenvalue weighted by molar-refractivity contribution is 5.57. The number of hydrogen-bond donors (Lipinski definition) is 3. The normalized spacial score (nSPS) is 14.7. The number of aryl methyl sites for hydroxylation is 1. The van der Waals surface area contributed by atoms with Crippen molar-refractivity contribution in [3.05, 3.63) is 53.1 Å². The van der Waals surface area contributed by atoms with Crippen molar-refractivity contribution >= 4 is 5.82 Å². The van der Waals surface area contributed by atoms with Gasteiger partial charge in [-0.25, -0.2) is 9.97 Å². The SMILES string of the molecule is Cc1cc(C[C@H](C)Nc2nc(-c3ccccn3)nc3c2CCNC3)n[nH]1. The maximum atomic E-state index is 4.80. The summed E-state index contributed by atoms with van der Waals surface area (Å²) in [5.74, 6) is 1.58. The molecule has 7 heteroatoms. The van der Waals surface area contributed by atoms with Crippen LogP contribution in [0.2, 0.25) is 0 Å². The predicted octanol–water partition coefficient (Wildman–Crippen LogP) is 2.26. The molecule has 0 unspecified atom stereocenters. The Balaban J connectivity index is 1.63. The molecule has 26 heavy (non-hydrogen) atoms. The van der Waals surface area contributed by atoms with Crippen LogP contribution in [0.1, 0.15) is 29.6 Å². The molecule has 0 aliphatic carbocycles. The molecule has 4 rings (SSSR count). The Kier molecular flexibility index (Phi) is 4.62. The van der Waals surface area contributed by atoms with Crippen LogP contribution in [0.25, 0.3) is 11.5 Å². The second-order valence-electron chi connectivity index (χ2n) is 6.75. The second-order valence-corrected chi connectivity index (χ2v) is 6.75. The number of rotatable bonds is 5. The van der Waals surface area contributed by atoms with E-state index < -0.39 is 0 Å². The van der Waals surface area contributed by atoms with Crippen LogP contribution >= 0.6 is 0 Å². The van der Waals surface area contributed by atoms with E-state index in [0.717, 1.165) is 54.5 Å². The van der Waals surface area contributed by atoms with Crippen LogP contribution in [0.4, 0.5) is 5.82 Å². The van der Waals surface area contributed by atoms with Gasteiger partial charge in [0.05, 0.1) is 11.4 Å². The number of aromatic nitrogens is 5. The number of nitrogens with one attached hydrogen (secondary N) is 3. The quantitative estimate of drug-likeness (QED) is 0.654. The van der Waals surface area contributed by atoms with Crippen molar-refractivity contribution in [2.45, 2.75) is 39.3 Å². The van der Waals surface area contributed by atoms with Gasteiger partial charge >= 0.3 is 0 Å². The minimum Gasteiger partial charge on any atom is -0.367 e. The van der Waals surface area contributed by atoms with Gasteiger partial charge in [-0.05, 0) is 45.0 Å². The van der Waals surface area contributed by atoms with Crippen molar-refractivity contribution in [3.8, 4) is 11.5 Å². The highest BCUT2D eigenvalue weighted by Crippen LogP contribution is 2.24. The van der Waals surface area contributed by atoms with E-state index in [1.807, 2.05) is 25.1 Å². The van der Waals surface area contributed by atoms with E-state index in [1.54, 1.807) is 6.20 Å². The number of pyridine rings is 1. The van der Waals surface area contributed by atoms with Crippen LogP contribution in [0, 0.1) is 6.92 Å². The van der Waals surface area contributed by atoms with Crippen molar-refractivity contribution in [3.63, 3.8) is 0 Å². The summed E-state index contributed by atoms with van der Waals surface area (Å²) in [6.45, 7) is 5.88. The molecule has 0 amide bonds. The predicted molar refractivity (Wildman–Crippen MR) is 101 cm³/mol. The zero-order valence-electron chi connectivity index (χ0n) is 15.1. The highest BCUT2D eigenvalue weighted by Gasteiger charge is 2.20. The van der Waals surface area contributed by atoms with E-state index in [1.165, 1.54) is 5.56 Å². The third-order valence-electron chi connectivity index (χ3n) is 4.49. The molecule has 0 saturated carbocycles. The van der Waals surface area contributed by atoms with Crippen molar-refractivity contribution in [2.75, 3.05) is 11.9 Å². The fourth-order valence-corrected chi connectivity index (χ4v) is 3.27. The maximum Gasteiger partial charge on any atom is 0.180 e. The van der Waals surface area contributed by atoms with Crippen LogP contribution in [0.3, 0.4) is 0 Å². The third-order valence-corrected chi connectivity index (χ3v) is 4.49. The first-order valence-electron chi connectivity index (χ1n) is 8.98. The molecule has 0 spiro atoms. The van der Waals surface area contributed by atoms with Gasteiger partial charge in [0, 0.05) is 36.5 Å². The molecule has 3 aromatic heterocycles. The summed E-state index contributed by atoms with van der Waals surface area (Å²) in [5.41, 5.74) is 5.18. The first kappa shape index (κ1) is 16.7. The van der Waals surface area contributed by atoms with Gasteiger partial charge < -0.3 is 10.6 Å². The lowest BCUT2D eigenvalue weighted by Crippen LogP contribution is -2.28.